The van der Waals surface area contributed by atoms with Gasteiger partial charge in [0.15, 0.2) is 11.4 Å². The molecule has 9 rings (SSSR count). The van der Waals surface area contributed by atoms with Gasteiger partial charge in [0, 0.05) is 60.7 Å². The van der Waals surface area contributed by atoms with E-state index in [1.807, 2.05) is 6.92 Å². The van der Waals surface area contributed by atoms with E-state index in [4.69, 9.17) is 23.7 Å². The quantitative estimate of drug-likeness (QED) is 0.203. The highest BCUT2D eigenvalue weighted by Gasteiger charge is 2.90. The Morgan fingerprint density at radius 1 is 0.978 bits per heavy atom. The molecule has 0 radical (unpaired) electrons. The van der Waals surface area contributed by atoms with E-state index in [9.17, 15) is 39.3 Å². The summed E-state index contributed by atoms with van der Waals surface area (Å²) in [4.78, 5) is 66.0. The molecule has 3 heterocycles. The van der Waals surface area contributed by atoms with Gasteiger partial charge < -0.3 is 39.0 Å². The van der Waals surface area contributed by atoms with Gasteiger partial charge in [-0.3, -0.25) is 19.2 Å². The highest BCUT2D eigenvalue weighted by atomic mass is 16.6. The second-order valence-corrected chi connectivity index (χ2v) is 15.5. The molecule has 242 valence electrons. The Hall–Kier alpha value is -2.87. The standard InChI is InChI=1S/C32H36O13/c1-9(33)41-25-19-16(22(37)21(36)12-7-13-24(43-13)26(29(12,19)3)42-10(2)34)18-23(38)20-17-11(6-15(35)45-27(25)30(17,18)4)5-14-31(20)8-32(31,40)28(39)44-14/h5,11-13,16-20,22-27,37-38,40H,6-8H2,1-4H3/t11-,12?,13-,16?,17?,18?,19?,20?,22+,23+,24-,25-,26-,27-,29-,30?,31-,32+/m0/s1. The molecule has 18 atom stereocenters. The molecule has 1 spiro atoms. The molecule has 0 amide bonds. The van der Waals surface area contributed by atoms with Crippen LogP contribution in [-0.4, -0.2) is 93.3 Å². The fraction of sp³-hybridized carbons (Fsp3) is 0.781. The lowest BCUT2D eigenvalue weighted by molar-refractivity contribution is -0.269. The van der Waals surface area contributed by atoms with Gasteiger partial charge in [-0.15, -0.1) is 0 Å². The molecule has 9 aliphatic rings. The third-order valence-corrected chi connectivity index (χ3v) is 13.9. The number of fused-ring (bicyclic) bond motifs is 5. The smallest absolute Gasteiger partial charge is 0.344 e. The van der Waals surface area contributed by atoms with Gasteiger partial charge in [-0.2, -0.15) is 0 Å². The Bertz CT molecular complexity index is 1540. The van der Waals surface area contributed by atoms with Crippen LogP contribution in [0.25, 0.3) is 0 Å². The molecule has 0 bridgehead atoms. The lowest BCUT2D eigenvalue weighted by Gasteiger charge is -2.64. The van der Waals surface area contributed by atoms with Crippen LogP contribution in [0.4, 0.5) is 0 Å². The number of hydrogen-bond acceptors (Lipinski definition) is 13. The fourth-order valence-corrected chi connectivity index (χ4v) is 12.5. The van der Waals surface area contributed by atoms with Gasteiger partial charge in [0.25, 0.3) is 0 Å². The summed E-state index contributed by atoms with van der Waals surface area (Å²) >= 11 is 0. The van der Waals surface area contributed by atoms with E-state index in [1.165, 1.54) is 13.8 Å². The van der Waals surface area contributed by atoms with Gasteiger partial charge in [0.2, 0.25) is 0 Å². The van der Waals surface area contributed by atoms with Crippen LogP contribution in [0, 0.1) is 57.7 Å². The molecule has 13 heteroatoms. The zero-order valence-electron chi connectivity index (χ0n) is 25.2. The second-order valence-electron chi connectivity index (χ2n) is 15.5. The van der Waals surface area contributed by atoms with E-state index in [-0.39, 0.29) is 31.1 Å². The van der Waals surface area contributed by atoms with Crippen LogP contribution in [0.5, 0.6) is 0 Å². The number of carbonyl (C=O) groups is 5. The van der Waals surface area contributed by atoms with Gasteiger partial charge in [-0.05, 0) is 24.3 Å². The SMILES string of the molecule is CC(=O)O[C@H]1C2C(C3[C@@H](O)C4C5[C@@H](C=C6OC(=O)[C@]7(O)C[C@]647)CC(=O)O[C@@H]1C35C)[C@@H](O)C(=O)C1C[C@@H]3O[C@@H]3[C@H](OC(C)=O)[C@@]12C. The van der Waals surface area contributed by atoms with Gasteiger partial charge in [0.1, 0.15) is 36.3 Å². The Balaban J connectivity index is 1.28. The second kappa shape index (κ2) is 8.15. The summed E-state index contributed by atoms with van der Waals surface area (Å²) in [7, 11) is 0. The third kappa shape index (κ3) is 2.95. The van der Waals surface area contributed by atoms with Crippen molar-refractivity contribution in [1.29, 1.82) is 0 Å². The van der Waals surface area contributed by atoms with Gasteiger partial charge in [-0.25, -0.2) is 4.79 Å². The minimum absolute atomic E-state index is 0.0373. The lowest BCUT2D eigenvalue weighted by Crippen LogP contribution is -2.74. The summed E-state index contributed by atoms with van der Waals surface area (Å²) < 4.78 is 29.6. The molecule has 45 heavy (non-hydrogen) atoms. The van der Waals surface area contributed by atoms with Crippen molar-refractivity contribution < 1.29 is 63.0 Å². The number of ketones is 1. The third-order valence-electron chi connectivity index (χ3n) is 13.9. The monoisotopic (exact) mass is 628 g/mol. The minimum atomic E-state index is -1.85. The van der Waals surface area contributed by atoms with Crippen molar-refractivity contribution in [3.05, 3.63) is 11.8 Å². The Morgan fingerprint density at radius 2 is 1.69 bits per heavy atom. The molecule has 7 unspecified atom stereocenters. The number of ether oxygens (including phenoxy) is 5. The molecular weight excluding hydrogens is 592 g/mol. The highest BCUT2D eigenvalue weighted by molar-refractivity contribution is 5.92. The number of carbonyl (C=O) groups excluding carboxylic acids is 5. The first kappa shape index (κ1) is 28.4. The predicted octanol–water partition coefficient (Wildman–Crippen LogP) is -0.430. The van der Waals surface area contributed by atoms with Crippen LogP contribution in [0.3, 0.4) is 0 Å². The topological polar surface area (TPSA) is 195 Å². The average Bonchev–Trinajstić information content (AvgIpc) is 3.82. The zero-order chi connectivity index (χ0) is 31.9. The summed E-state index contributed by atoms with van der Waals surface area (Å²) in [6.45, 7) is 6.10. The maximum absolute atomic E-state index is 14.2. The number of allylic oxidation sites excluding steroid dienone is 1. The largest absolute Gasteiger partial charge is 0.459 e. The molecule has 3 aliphatic heterocycles. The van der Waals surface area contributed by atoms with E-state index < -0.39 is 130 Å². The Labute approximate surface area is 257 Å². The van der Waals surface area contributed by atoms with E-state index in [2.05, 4.69) is 0 Å². The number of Topliss-reactive ketones (excluding diaryl/α,β-unsaturated/α-hetero) is 1. The number of rotatable bonds is 2. The molecule has 0 aromatic rings. The van der Waals surface area contributed by atoms with Crippen LogP contribution in [-0.2, 0) is 47.7 Å². The first-order chi connectivity index (χ1) is 21.1. The number of aliphatic hydroxyl groups is 3. The first-order valence-corrected chi connectivity index (χ1v) is 15.9. The van der Waals surface area contributed by atoms with E-state index in [1.54, 1.807) is 13.0 Å². The van der Waals surface area contributed by atoms with Crippen molar-refractivity contribution in [3.8, 4) is 0 Å². The summed E-state index contributed by atoms with van der Waals surface area (Å²) in [6, 6.07) is 0. The molecule has 0 aromatic carbocycles. The Kier molecular flexibility index (Phi) is 5.14. The average molecular weight is 629 g/mol. The van der Waals surface area contributed by atoms with Crippen molar-refractivity contribution in [2.45, 2.75) is 95.3 Å². The summed E-state index contributed by atoms with van der Waals surface area (Å²) in [6.07, 6.45) is -5.12. The Morgan fingerprint density at radius 3 is 2.36 bits per heavy atom. The maximum atomic E-state index is 14.2. The molecule has 5 saturated carbocycles. The predicted molar refractivity (Wildman–Crippen MR) is 143 cm³/mol. The molecular formula is C32H36O13. The molecule has 3 saturated heterocycles. The lowest BCUT2D eigenvalue weighted by atomic mass is 9.41. The first-order valence-electron chi connectivity index (χ1n) is 15.9. The number of epoxide rings is 1. The van der Waals surface area contributed by atoms with Gasteiger partial charge in [0.05, 0.1) is 24.0 Å². The zero-order valence-corrected chi connectivity index (χ0v) is 25.2. The van der Waals surface area contributed by atoms with Crippen LogP contribution in [0.15, 0.2) is 11.8 Å². The van der Waals surface area contributed by atoms with Crippen molar-refractivity contribution in [3.63, 3.8) is 0 Å². The highest BCUT2D eigenvalue weighted by Crippen LogP contribution is 2.82. The maximum Gasteiger partial charge on any atom is 0.344 e. The van der Waals surface area contributed by atoms with Crippen LogP contribution < -0.4 is 0 Å². The molecule has 8 fully saturated rings. The van der Waals surface area contributed by atoms with E-state index >= 15 is 0 Å². The normalized spacial score (nSPS) is 58.9. The van der Waals surface area contributed by atoms with Crippen LogP contribution >= 0.6 is 0 Å². The van der Waals surface area contributed by atoms with Gasteiger partial charge in [-0.1, -0.05) is 13.8 Å². The molecule has 6 aliphatic carbocycles. The molecule has 13 nitrogen and oxygen atoms in total. The van der Waals surface area contributed by atoms with Crippen molar-refractivity contribution in [1.82, 2.24) is 0 Å². The molecule has 0 aromatic heterocycles. The van der Waals surface area contributed by atoms with Crippen LogP contribution in [0.1, 0.15) is 47.0 Å². The molecule has 3 N–H and O–H groups in total. The van der Waals surface area contributed by atoms with Crippen LogP contribution in [0.2, 0.25) is 0 Å². The summed E-state index contributed by atoms with van der Waals surface area (Å²) in [5.41, 5.74) is -5.50. The van der Waals surface area contributed by atoms with Crippen molar-refractivity contribution in [2.75, 3.05) is 0 Å². The van der Waals surface area contributed by atoms with E-state index in [0.29, 0.717) is 0 Å². The number of hydrogen-bond donors (Lipinski definition) is 3. The van der Waals surface area contributed by atoms with Crippen molar-refractivity contribution in [2.24, 2.45) is 57.7 Å². The van der Waals surface area contributed by atoms with E-state index in [0.717, 1.165) is 0 Å². The number of aliphatic hydroxyl groups excluding tert-OH is 2. The fourth-order valence-electron chi connectivity index (χ4n) is 12.5. The minimum Gasteiger partial charge on any atom is -0.459 e. The summed E-state index contributed by atoms with van der Waals surface area (Å²) in [5.74, 6) is -8.51. The summed E-state index contributed by atoms with van der Waals surface area (Å²) in [5, 5.41) is 36.0. The van der Waals surface area contributed by atoms with Crippen molar-refractivity contribution >= 4 is 29.7 Å². The number of esters is 4. The van der Waals surface area contributed by atoms with Gasteiger partial charge >= 0.3 is 23.9 Å².